The Hall–Kier alpha value is -1.83. The lowest BCUT2D eigenvalue weighted by atomic mass is 9.94. The molecule has 0 aliphatic carbocycles. The summed E-state index contributed by atoms with van der Waals surface area (Å²) in [5, 5.41) is 4.65. The molecule has 1 aromatic heterocycles. The molecule has 1 atom stereocenters. The van der Waals surface area contributed by atoms with Crippen LogP contribution in [0.1, 0.15) is 42.6 Å². The second kappa shape index (κ2) is 4.45. The smallest absolute Gasteiger partial charge is 0.0879 e. The summed E-state index contributed by atoms with van der Waals surface area (Å²) in [6.45, 7) is 7.22. The first-order chi connectivity index (χ1) is 8.79. The van der Waals surface area contributed by atoms with E-state index in [1.807, 2.05) is 0 Å². The van der Waals surface area contributed by atoms with Crippen molar-refractivity contribution in [3.63, 3.8) is 0 Å². The van der Waals surface area contributed by atoms with Gasteiger partial charge in [-0.15, -0.1) is 0 Å². The number of nitrogens with zero attached hydrogens (tertiary/aromatic N) is 2. The lowest BCUT2D eigenvalue weighted by Crippen LogP contribution is -1.96. The Bertz CT molecular complexity index is 566. The van der Waals surface area contributed by atoms with Crippen LogP contribution in [0.25, 0.3) is 5.57 Å². The molecule has 1 aliphatic heterocycles. The average molecular weight is 238 g/mol. The third-order valence-corrected chi connectivity index (χ3v) is 3.79. The van der Waals surface area contributed by atoms with Crippen molar-refractivity contribution in [2.24, 2.45) is 0 Å². The lowest BCUT2D eigenvalue weighted by molar-refractivity contribution is 0.646. The number of aromatic nitrogens is 2. The molecule has 1 aromatic carbocycles. The molecule has 2 heteroatoms. The Morgan fingerprint density at radius 3 is 2.89 bits per heavy atom. The van der Waals surface area contributed by atoms with Gasteiger partial charge in [-0.1, -0.05) is 43.8 Å². The Labute approximate surface area is 108 Å². The van der Waals surface area contributed by atoms with Crippen molar-refractivity contribution in [3.05, 3.63) is 59.9 Å². The zero-order valence-electron chi connectivity index (χ0n) is 10.8. The highest BCUT2D eigenvalue weighted by Gasteiger charge is 2.26. The number of allylic oxidation sites excluding steroid dienone is 1. The number of rotatable bonds is 3. The second-order valence-corrected chi connectivity index (χ2v) is 4.89. The largest absolute Gasteiger partial charge is 0.268 e. The first-order valence-electron chi connectivity index (χ1n) is 6.60. The monoisotopic (exact) mass is 238 g/mol. The van der Waals surface area contributed by atoms with E-state index in [-0.39, 0.29) is 0 Å². The van der Waals surface area contributed by atoms with E-state index >= 15 is 0 Å². The topological polar surface area (TPSA) is 17.8 Å². The molecule has 0 fully saturated rings. The van der Waals surface area contributed by atoms with E-state index in [1.165, 1.54) is 11.3 Å². The highest BCUT2D eigenvalue weighted by atomic mass is 15.3. The van der Waals surface area contributed by atoms with Crippen LogP contribution in [0.3, 0.4) is 0 Å². The number of aryl methyl sites for hydroxylation is 1. The van der Waals surface area contributed by atoms with Gasteiger partial charge in [0.15, 0.2) is 0 Å². The van der Waals surface area contributed by atoms with Gasteiger partial charge in [0.25, 0.3) is 0 Å². The van der Waals surface area contributed by atoms with Gasteiger partial charge in [-0.25, -0.2) is 0 Å². The molecule has 0 spiro atoms. The third kappa shape index (κ3) is 1.78. The van der Waals surface area contributed by atoms with Crippen molar-refractivity contribution in [3.8, 4) is 0 Å². The molecule has 0 bridgehead atoms. The highest BCUT2D eigenvalue weighted by molar-refractivity contribution is 5.60. The van der Waals surface area contributed by atoms with E-state index < -0.39 is 0 Å². The van der Waals surface area contributed by atoms with Crippen molar-refractivity contribution in [1.29, 1.82) is 0 Å². The van der Waals surface area contributed by atoms with E-state index in [2.05, 4.69) is 59.7 Å². The van der Waals surface area contributed by atoms with Gasteiger partial charge in [0.05, 0.1) is 5.69 Å². The minimum Gasteiger partial charge on any atom is -0.268 e. The maximum Gasteiger partial charge on any atom is 0.0879 e. The average Bonchev–Trinajstić information content (AvgIpc) is 2.98. The number of fused-ring (bicyclic) bond motifs is 1. The molecule has 0 saturated carbocycles. The molecule has 2 nitrogen and oxygen atoms in total. The van der Waals surface area contributed by atoms with Gasteiger partial charge in [-0.05, 0) is 30.0 Å². The molecule has 0 N–H and O–H groups in total. The summed E-state index contributed by atoms with van der Waals surface area (Å²) in [6.07, 6.45) is 2.12. The third-order valence-electron chi connectivity index (χ3n) is 3.79. The van der Waals surface area contributed by atoms with Crippen LogP contribution in [-0.2, 0) is 6.54 Å². The normalized spacial score (nSPS) is 17.7. The maximum atomic E-state index is 4.65. The number of hydrogen-bond donors (Lipinski definition) is 0. The fourth-order valence-electron chi connectivity index (χ4n) is 2.67. The predicted molar refractivity (Wildman–Crippen MR) is 74.5 cm³/mol. The Morgan fingerprint density at radius 1 is 1.39 bits per heavy atom. The van der Waals surface area contributed by atoms with Crippen molar-refractivity contribution in [2.75, 3.05) is 0 Å². The Balaban J connectivity index is 1.97. The summed E-state index contributed by atoms with van der Waals surface area (Å²) in [6, 6.07) is 12.9. The molecule has 0 saturated heterocycles. The predicted octanol–water partition coefficient (Wildman–Crippen LogP) is 3.84. The number of hydrogen-bond acceptors (Lipinski definition) is 1. The van der Waals surface area contributed by atoms with Crippen LogP contribution in [0.5, 0.6) is 0 Å². The van der Waals surface area contributed by atoms with E-state index in [0.29, 0.717) is 5.92 Å². The van der Waals surface area contributed by atoms with Crippen molar-refractivity contribution in [2.45, 2.75) is 32.2 Å². The Morgan fingerprint density at radius 2 is 2.17 bits per heavy atom. The summed E-state index contributed by atoms with van der Waals surface area (Å²) in [5.41, 5.74) is 4.92. The van der Waals surface area contributed by atoms with Crippen molar-refractivity contribution < 1.29 is 0 Å². The molecular formula is C16H18N2. The summed E-state index contributed by atoms with van der Waals surface area (Å²) >= 11 is 0. The van der Waals surface area contributed by atoms with E-state index in [4.69, 9.17) is 0 Å². The lowest BCUT2D eigenvalue weighted by Gasteiger charge is -2.08. The quantitative estimate of drug-likeness (QED) is 0.794. The van der Waals surface area contributed by atoms with Gasteiger partial charge >= 0.3 is 0 Å². The van der Waals surface area contributed by atoms with Crippen LogP contribution in [-0.4, -0.2) is 9.78 Å². The van der Waals surface area contributed by atoms with Gasteiger partial charge in [0.1, 0.15) is 0 Å². The molecule has 1 unspecified atom stereocenters. The summed E-state index contributed by atoms with van der Waals surface area (Å²) in [4.78, 5) is 0. The zero-order valence-corrected chi connectivity index (χ0v) is 10.8. The van der Waals surface area contributed by atoms with Crippen LogP contribution in [0.15, 0.2) is 43.0 Å². The van der Waals surface area contributed by atoms with Crippen LogP contribution < -0.4 is 0 Å². The van der Waals surface area contributed by atoms with Crippen molar-refractivity contribution in [1.82, 2.24) is 9.78 Å². The van der Waals surface area contributed by atoms with Crippen LogP contribution in [0.2, 0.25) is 0 Å². The van der Waals surface area contributed by atoms with Gasteiger partial charge in [-0.2, -0.15) is 5.10 Å². The van der Waals surface area contributed by atoms with Crippen LogP contribution in [0.4, 0.5) is 0 Å². The van der Waals surface area contributed by atoms with Gasteiger partial charge in [-0.3, -0.25) is 4.68 Å². The molecule has 2 heterocycles. The van der Waals surface area contributed by atoms with E-state index in [9.17, 15) is 0 Å². The second-order valence-electron chi connectivity index (χ2n) is 4.89. The van der Waals surface area contributed by atoms with Gasteiger partial charge in [0, 0.05) is 18.2 Å². The van der Waals surface area contributed by atoms with E-state index in [1.54, 1.807) is 0 Å². The summed E-state index contributed by atoms with van der Waals surface area (Å²) < 4.78 is 2.15. The first-order valence-corrected chi connectivity index (χ1v) is 6.60. The molecule has 92 valence electrons. The standard InChI is InChI=1S/C16H18N2/c1-3-12(2)15-11-16-14(9-10-18(16)17-15)13-7-5-4-6-8-13/h4-8,11,14H,2-3,9-10H2,1H3. The van der Waals surface area contributed by atoms with Crippen LogP contribution in [0, 0.1) is 0 Å². The number of benzene rings is 1. The van der Waals surface area contributed by atoms with Gasteiger partial charge < -0.3 is 0 Å². The SMILES string of the molecule is C=C(CC)c1cc2n(n1)CCC2c1ccccc1. The summed E-state index contributed by atoms with van der Waals surface area (Å²) in [7, 11) is 0. The molecule has 0 radical (unpaired) electrons. The fourth-order valence-corrected chi connectivity index (χ4v) is 2.67. The van der Waals surface area contributed by atoms with E-state index in [0.717, 1.165) is 30.7 Å². The molecule has 3 rings (SSSR count). The maximum absolute atomic E-state index is 4.65. The molecule has 0 amide bonds. The zero-order chi connectivity index (χ0) is 12.5. The minimum absolute atomic E-state index is 0.497. The molecular weight excluding hydrogens is 220 g/mol. The fraction of sp³-hybridized carbons (Fsp3) is 0.312. The molecule has 2 aromatic rings. The first kappa shape index (κ1) is 11.3. The minimum atomic E-state index is 0.497. The van der Waals surface area contributed by atoms with Crippen LogP contribution >= 0.6 is 0 Å². The Kier molecular flexibility index (Phi) is 2.78. The molecule has 18 heavy (non-hydrogen) atoms. The van der Waals surface area contributed by atoms with Gasteiger partial charge in [0.2, 0.25) is 0 Å². The molecule has 1 aliphatic rings. The summed E-state index contributed by atoms with van der Waals surface area (Å²) in [5.74, 6) is 0.497. The van der Waals surface area contributed by atoms with Crippen molar-refractivity contribution >= 4 is 5.57 Å². The highest BCUT2D eigenvalue weighted by Crippen LogP contribution is 2.35.